The summed E-state index contributed by atoms with van der Waals surface area (Å²) < 4.78 is 25.4. The average molecular weight is 439 g/mol. The zero-order chi connectivity index (χ0) is 23.3. The van der Waals surface area contributed by atoms with Gasteiger partial charge in [0.25, 0.3) is 0 Å². The number of anilines is 1. The average Bonchev–Trinajstić information content (AvgIpc) is 2.78. The van der Waals surface area contributed by atoms with Crippen molar-refractivity contribution in [1.29, 1.82) is 0 Å². The van der Waals surface area contributed by atoms with Gasteiger partial charge >= 0.3 is 0 Å². The van der Waals surface area contributed by atoms with Crippen LogP contribution in [0.15, 0.2) is 64.2 Å². The third-order valence-electron chi connectivity index (χ3n) is 4.94. The highest BCUT2D eigenvalue weighted by Gasteiger charge is 2.21. The van der Waals surface area contributed by atoms with E-state index in [0.29, 0.717) is 46.0 Å². The van der Waals surface area contributed by atoms with E-state index in [4.69, 9.17) is 31.7 Å². The van der Waals surface area contributed by atoms with Crippen LogP contribution < -0.4 is 21.9 Å². The van der Waals surface area contributed by atoms with E-state index in [2.05, 4.69) is 9.98 Å². The molecule has 32 heavy (non-hydrogen) atoms. The summed E-state index contributed by atoms with van der Waals surface area (Å²) in [6.07, 6.45) is 4.07. The molecular formula is C23H27FN6O2. The molecule has 0 fully saturated rings. The summed E-state index contributed by atoms with van der Waals surface area (Å²) in [7, 11) is 1.46. The highest BCUT2D eigenvalue weighted by Crippen LogP contribution is 2.31. The lowest BCUT2D eigenvalue weighted by Crippen LogP contribution is -2.17. The second-order valence-electron chi connectivity index (χ2n) is 7.07. The minimum Gasteiger partial charge on any atom is -0.483 e. The highest BCUT2D eigenvalue weighted by atomic mass is 19.1. The van der Waals surface area contributed by atoms with Crippen molar-refractivity contribution in [3.05, 3.63) is 76.7 Å². The van der Waals surface area contributed by atoms with Crippen molar-refractivity contribution < 1.29 is 13.9 Å². The lowest BCUT2D eigenvalue weighted by molar-refractivity contribution is 0.227. The van der Waals surface area contributed by atoms with Gasteiger partial charge in [0.15, 0.2) is 17.5 Å². The monoisotopic (exact) mass is 438 g/mol. The summed E-state index contributed by atoms with van der Waals surface area (Å²) in [5, 5.41) is 0. The Labute approximate surface area is 186 Å². The number of nitrogen functional groups attached to an aromatic ring is 1. The number of nitrogens with zero attached hydrogens (tertiary/aromatic N) is 3. The van der Waals surface area contributed by atoms with Gasteiger partial charge < -0.3 is 26.7 Å². The molecule has 3 rings (SSSR count). The van der Waals surface area contributed by atoms with Gasteiger partial charge in [-0.15, -0.1) is 0 Å². The van der Waals surface area contributed by atoms with E-state index in [0.717, 1.165) is 0 Å². The molecule has 0 unspecified atom stereocenters. The first kappa shape index (κ1) is 22.8. The Morgan fingerprint density at radius 2 is 2.16 bits per heavy atom. The minimum absolute atomic E-state index is 0.152. The fourth-order valence-corrected chi connectivity index (χ4v) is 3.35. The maximum absolute atomic E-state index is 14.2. The predicted molar refractivity (Wildman–Crippen MR) is 124 cm³/mol. The number of aromatic nitrogens is 1. The van der Waals surface area contributed by atoms with E-state index in [-0.39, 0.29) is 18.2 Å². The highest BCUT2D eigenvalue weighted by molar-refractivity contribution is 6.14. The summed E-state index contributed by atoms with van der Waals surface area (Å²) in [5.41, 5.74) is 21.6. The maximum atomic E-state index is 14.2. The van der Waals surface area contributed by atoms with Gasteiger partial charge in [-0.05, 0) is 38.1 Å². The van der Waals surface area contributed by atoms with Crippen LogP contribution in [0.2, 0.25) is 0 Å². The van der Waals surface area contributed by atoms with Crippen molar-refractivity contribution in [2.75, 3.05) is 25.9 Å². The van der Waals surface area contributed by atoms with E-state index < -0.39 is 11.9 Å². The molecular weight excluding hydrogens is 411 g/mol. The number of pyridine rings is 1. The smallest absolute Gasteiger partial charge is 0.185 e. The van der Waals surface area contributed by atoms with Crippen LogP contribution in [0, 0.1) is 5.82 Å². The molecule has 0 saturated carbocycles. The van der Waals surface area contributed by atoms with Crippen LogP contribution >= 0.6 is 0 Å². The fourth-order valence-electron chi connectivity index (χ4n) is 3.35. The van der Waals surface area contributed by atoms with Gasteiger partial charge in [0, 0.05) is 47.3 Å². The Balaban J connectivity index is 2.30. The molecule has 2 heterocycles. The summed E-state index contributed by atoms with van der Waals surface area (Å²) >= 11 is 0. The van der Waals surface area contributed by atoms with Gasteiger partial charge in [0.2, 0.25) is 0 Å². The third-order valence-corrected chi connectivity index (χ3v) is 4.94. The van der Waals surface area contributed by atoms with Crippen molar-refractivity contribution in [1.82, 2.24) is 4.98 Å². The van der Waals surface area contributed by atoms with Crippen LogP contribution in [-0.2, 0) is 4.74 Å². The number of allylic oxidation sites excluding steroid dienone is 1. The van der Waals surface area contributed by atoms with Crippen molar-refractivity contribution in [2.45, 2.75) is 20.0 Å². The maximum Gasteiger partial charge on any atom is 0.185 e. The van der Waals surface area contributed by atoms with Crippen molar-refractivity contribution in [2.24, 2.45) is 21.5 Å². The second kappa shape index (κ2) is 9.95. The number of nitrogens with two attached hydrogens (primary N) is 3. The van der Waals surface area contributed by atoms with E-state index in [9.17, 15) is 4.39 Å². The van der Waals surface area contributed by atoms with Crippen LogP contribution in [0.4, 0.5) is 10.2 Å². The standard InChI is InChI=1S/C23H27FN6O2/c1-4-28-22-14-7-20(23(27)30-11-14)32-13(2)18-8-16(24)5-6-17(18)19(9-21(26)31-3)29-12-15(22)10-25/h5-11,13H,4,12,25-26H2,1-3H3,(H2,27,30)/t13-/m1/s1. The van der Waals surface area contributed by atoms with Crippen LogP contribution in [-0.4, -0.2) is 36.6 Å². The number of hydrogen-bond donors (Lipinski definition) is 3. The molecule has 2 bridgehead atoms. The topological polar surface area (TPSA) is 134 Å². The molecule has 1 aliphatic rings. The first-order chi connectivity index (χ1) is 15.4. The van der Waals surface area contributed by atoms with Gasteiger partial charge in [-0.2, -0.15) is 0 Å². The van der Waals surface area contributed by atoms with Gasteiger partial charge in [0.1, 0.15) is 11.9 Å². The molecule has 9 heteroatoms. The first-order valence-electron chi connectivity index (χ1n) is 10.1. The van der Waals surface area contributed by atoms with Gasteiger partial charge in [-0.25, -0.2) is 9.37 Å². The molecule has 0 spiro atoms. The first-order valence-corrected chi connectivity index (χ1v) is 10.1. The summed E-state index contributed by atoms with van der Waals surface area (Å²) in [4.78, 5) is 13.6. The Kier molecular flexibility index (Phi) is 7.09. The van der Waals surface area contributed by atoms with Crippen LogP contribution in [0.1, 0.15) is 36.6 Å². The molecule has 0 saturated heterocycles. The molecule has 0 amide bonds. The number of halogens is 1. The molecule has 1 aromatic heterocycles. The number of fused-ring (bicyclic) bond motifs is 3. The Bertz CT molecular complexity index is 1120. The molecule has 1 aromatic carbocycles. The van der Waals surface area contributed by atoms with Crippen LogP contribution in [0.5, 0.6) is 5.75 Å². The number of methoxy groups -OCH3 is 1. The number of rotatable bonds is 3. The van der Waals surface area contributed by atoms with Crippen LogP contribution in [0.25, 0.3) is 0 Å². The van der Waals surface area contributed by atoms with E-state index >= 15 is 0 Å². The second-order valence-corrected chi connectivity index (χ2v) is 7.07. The lowest BCUT2D eigenvalue weighted by Gasteiger charge is -2.21. The molecule has 0 aliphatic carbocycles. The normalized spacial score (nSPS) is 19.4. The Morgan fingerprint density at radius 1 is 1.38 bits per heavy atom. The molecule has 1 atom stereocenters. The number of aliphatic imine (C=N–C) groups is 2. The van der Waals surface area contributed by atoms with E-state index in [1.165, 1.54) is 25.4 Å². The minimum atomic E-state index is -0.571. The number of benzene rings is 1. The van der Waals surface area contributed by atoms with E-state index in [1.54, 1.807) is 31.3 Å². The predicted octanol–water partition coefficient (Wildman–Crippen LogP) is 2.84. The van der Waals surface area contributed by atoms with Gasteiger partial charge in [-0.3, -0.25) is 9.98 Å². The molecule has 8 nitrogen and oxygen atoms in total. The third kappa shape index (κ3) is 4.88. The summed E-state index contributed by atoms with van der Waals surface area (Å²) in [6, 6.07) is 6.13. The lowest BCUT2D eigenvalue weighted by atomic mass is 9.97. The van der Waals surface area contributed by atoms with Gasteiger partial charge in [-0.1, -0.05) is 0 Å². The quantitative estimate of drug-likeness (QED) is 0.631. The van der Waals surface area contributed by atoms with Gasteiger partial charge in [0.05, 0.1) is 25.1 Å². The largest absolute Gasteiger partial charge is 0.483 e. The van der Waals surface area contributed by atoms with Crippen molar-refractivity contribution in [3.63, 3.8) is 0 Å². The molecule has 6 N–H and O–H groups in total. The Hall–Kier alpha value is -3.88. The molecule has 1 aliphatic heterocycles. The SMILES string of the molecule is CCN=C1C(=CN)CN=C(C=C(N)OC)c2ccc(F)cc2[C@@H](C)Oc2cc1cnc2N. The summed E-state index contributed by atoms with van der Waals surface area (Å²) in [6.45, 7) is 4.44. The summed E-state index contributed by atoms with van der Waals surface area (Å²) in [5.74, 6) is 0.312. The number of ether oxygens (including phenoxy) is 2. The van der Waals surface area contributed by atoms with Crippen LogP contribution in [0.3, 0.4) is 0 Å². The zero-order valence-corrected chi connectivity index (χ0v) is 18.3. The molecule has 0 radical (unpaired) electrons. The fraction of sp³-hybridized carbons (Fsp3) is 0.261. The zero-order valence-electron chi connectivity index (χ0n) is 18.3. The Morgan fingerprint density at radius 3 is 2.84 bits per heavy atom. The molecule has 2 aromatic rings. The van der Waals surface area contributed by atoms with Crippen molar-refractivity contribution in [3.8, 4) is 5.75 Å². The van der Waals surface area contributed by atoms with Crippen molar-refractivity contribution >= 4 is 17.2 Å². The number of hydrogen-bond acceptors (Lipinski definition) is 8. The molecule has 168 valence electrons. The van der Waals surface area contributed by atoms with E-state index in [1.807, 2.05) is 6.92 Å².